The topological polar surface area (TPSA) is 67.8 Å². The Labute approximate surface area is 108 Å². The molecule has 0 saturated carbocycles. The molecule has 2 N–H and O–H groups in total. The highest BCUT2D eigenvalue weighted by atomic mass is 79.9. The van der Waals surface area contributed by atoms with Crippen LogP contribution in [0.25, 0.3) is 0 Å². The third-order valence-electron chi connectivity index (χ3n) is 2.16. The Balaban J connectivity index is 2.66. The smallest absolute Gasteiger partial charge is 0.255 e. The number of amides is 1. The first-order chi connectivity index (χ1) is 8.08. The van der Waals surface area contributed by atoms with Crippen molar-refractivity contribution in [2.45, 2.75) is 6.29 Å². The van der Waals surface area contributed by atoms with Crippen LogP contribution >= 0.6 is 15.9 Å². The zero-order chi connectivity index (χ0) is 12.8. The van der Waals surface area contributed by atoms with Crippen molar-refractivity contribution in [2.24, 2.45) is 0 Å². The predicted molar refractivity (Wildman–Crippen MR) is 65.9 cm³/mol. The standard InChI is InChI=1S/C11H14BrNO4/c1-16-10(17-2)6-13-11(15)8-5-7(12)3-4-9(8)14/h3-5,10,14H,6H2,1-2H3,(H,13,15). The summed E-state index contributed by atoms with van der Waals surface area (Å²) in [5, 5.41) is 12.1. The van der Waals surface area contributed by atoms with E-state index in [2.05, 4.69) is 21.2 Å². The van der Waals surface area contributed by atoms with Gasteiger partial charge in [0, 0.05) is 18.7 Å². The molecule has 0 aliphatic rings. The maximum Gasteiger partial charge on any atom is 0.255 e. The van der Waals surface area contributed by atoms with Gasteiger partial charge in [0.1, 0.15) is 5.75 Å². The fourth-order valence-corrected chi connectivity index (χ4v) is 1.59. The van der Waals surface area contributed by atoms with Crippen molar-refractivity contribution < 1.29 is 19.4 Å². The summed E-state index contributed by atoms with van der Waals surface area (Å²) in [7, 11) is 2.97. The fourth-order valence-electron chi connectivity index (χ4n) is 1.22. The van der Waals surface area contributed by atoms with E-state index in [0.29, 0.717) is 0 Å². The molecule has 94 valence electrons. The lowest BCUT2D eigenvalue weighted by molar-refractivity contribution is -0.0974. The summed E-state index contributed by atoms with van der Waals surface area (Å²) in [5.41, 5.74) is 0.199. The Morgan fingerprint density at radius 3 is 2.71 bits per heavy atom. The second-order valence-electron chi connectivity index (χ2n) is 3.27. The van der Waals surface area contributed by atoms with Gasteiger partial charge in [0.05, 0.1) is 12.1 Å². The van der Waals surface area contributed by atoms with Crippen molar-refractivity contribution in [1.82, 2.24) is 5.32 Å². The number of aromatic hydroxyl groups is 1. The summed E-state index contributed by atoms with van der Waals surface area (Å²) >= 11 is 3.23. The molecule has 0 bridgehead atoms. The molecule has 0 aromatic heterocycles. The highest BCUT2D eigenvalue weighted by molar-refractivity contribution is 9.10. The van der Waals surface area contributed by atoms with Crippen molar-refractivity contribution in [3.63, 3.8) is 0 Å². The van der Waals surface area contributed by atoms with Crippen LogP contribution in [0.5, 0.6) is 5.75 Å². The zero-order valence-corrected chi connectivity index (χ0v) is 11.2. The first-order valence-corrected chi connectivity index (χ1v) is 5.70. The predicted octanol–water partition coefficient (Wildman–Crippen LogP) is 1.50. The lowest BCUT2D eigenvalue weighted by Gasteiger charge is -2.14. The molecular formula is C11H14BrNO4. The van der Waals surface area contributed by atoms with Gasteiger partial charge in [-0.3, -0.25) is 4.79 Å². The largest absolute Gasteiger partial charge is 0.507 e. The summed E-state index contributed by atoms with van der Waals surface area (Å²) in [6.07, 6.45) is -0.506. The van der Waals surface area contributed by atoms with Crippen LogP contribution in [-0.2, 0) is 9.47 Å². The van der Waals surface area contributed by atoms with Crippen LogP contribution in [0.4, 0.5) is 0 Å². The van der Waals surface area contributed by atoms with E-state index >= 15 is 0 Å². The molecule has 0 fully saturated rings. The monoisotopic (exact) mass is 303 g/mol. The van der Waals surface area contributed by atoms with Gasteiger partial charge >= 0.3 is 0 Å². The van der Waals surface area contributed by atoms with Crippen molar-refractivity contribution in [3.8, 4) is 5.75 Å². The molecule has 17 heavy (non-hydrogen) atoms. The molecular weight excluding hydrogens is 290 g/mol. The number of carbonyl (C=O) groups excluding carboxylic acids is 1. The van der Waals surface area contributed by atoms with Crippen LogP contribution in [0.1, 0.15) is 10.4 Å². The summed E-state index contributed by atoms with van der Waals surface area (Å²) < 4.78 is 10.6. The molecule has 6 heteroatoms. The number of hydrogen-bond acceptors (Lipinski definition) is 4. The Bertz CT molecular complexity index is 393. The van der Waals surface area contributed by atoms with E-state index in [1.54, 1.807) is 12.1 Å². The maximum absolute atomic E-state index is 11.8. The first-order valence-electron chi connectivity index (χ1n) is 4.90. The minimum absolute atomic E-state index is 0.0721. The lowest BCUT2D eigenvalue weighted by atomic mass is 10.2. The van der Waals surface area contributed by atoms with Gasteiger partial charge < -0.3 is 19.9 Å². The summed E-state index contributed by atoms with van der Waals surface area (Å²) in [5.74, 6) is -0.458. The van der Waals surface area contributed by atoms with E-state index in [4.69, 9.17) is 9.47 Å². The van der Waals surface area contributed by atoms with Crippen molar-refractivity contribution in [2.75, 3.05) is 20.8 Å². The van der Waals surface area contributed by atoms with Crippen LogP contribution < -0.4 is 5.32 Å². The quantitative estimate of drug-likeness (QED) is 0.809. The molecule has 0 radical (unpaired) electrons. The molecule has 0 saturated heterocycles. The number of rotatable bonds is 5. The Hall–Kier alpha value is -1.11. The fraction of sp³-hybridized carbons (Fsp3) is 0.364. The van der Waals surface area contributed by atoms with Gasteiger partial charge in [0.2, 0.25) is 0 Å². The average molecular weight is 304 g/mol. The summed E-state index contributed by atoms with van der Waals surface area (Å²) in [6.45, 7) is 0.206. The normalized spacial score (nSPS) is 10.6. The molecule has 0 spiro atoms. The van der Waals surface area contributed by atoms with Crippen molar-refractivity contribution >= 4 is 21.8 Å². The van der Waals surface area contributed by atoms with Crippen LogP contribution in [0.15, 0.2) is 22.7 Å². The van der Waals surface area contributed by atoms with Gasteiger partial charge in [0.25, 0.3) is 5.91 Å². The van der Waals surface area contributed by atoms with Gasteiger partial charge in [-0.05, 0) is 18.2 Å². The van der Waals surface area contributed by atoms with Gasteiger partial charge in [-0.2, -0.15) is 0 Å². The molecule has 0 unspecified atom stereocenters. The SMILES string of the molecule is COC(CNC(=O)c1cc(Br)ccc1O)OC. The van der Waals surface area contributed by atoms with E-state index in [-0.39, 0.29) is 23.8 Å². The van der Waals surface area contributed by atoms with E-state index in [0.717, 1.165) is 4.47 Å². The number of nitrogens with one attached hydrogen (secondary N) is 1. The van der Waals surface area contributed by atoms with Crippen molar-refractivity contribution in [3.05, 3.63) is 28.2 Å². The molecule has 5 nitrogen and oxygen atoms in total. The third kappa shape index (κ3) is 3.99. The van der Waals surface area contributed by atoms with E-state index in [1.165, 1.54) is 20.3 Å². The molecule has 1 rings (SSSR count). The van der Waals surface area contributed by atoms with Crippen molar-refractivity contribution in [1.29, 1.82) is 0 Å². The van der Waals surface area contributed by atoms with Gasteiger partial charge in [-0.1, -0.05) is 15.9 Å². The molecule has 0 atom stereocenters. The number of phenols is 1. The number of halogens is 1. The minimum atomic E-state index is -0.506. The van der Waals surface area contributed by atoms with Crippen LogP contribution in [0, 0.1) is 0 Å². The molecule has 0 aliphatic carbocycles. The van der Waals surface area contributed by atoms with E-state index < -0.39 is 6.29 Å². The minimum Gasteiger partial charge on any atom is -0.507 e. The molecule has 1 aromatic rings. The number of carbonyl (C=O) groups is 1. The third-order valence-corrected chi connectivity index (χ3v) is 2.65. The first kappa shape index (κ1) is 14.0. The summed E-state index contributed by atoms with van der Waals surface area (Å²) in [4.78, 5) is 11.8. The second-order valence-corrected chi connectivity index (χ2v) is 4.19. The number of hydrogen-bond donors (Lipinski definition) is 2. The second kappa shape index (κ2) is 6.58. The Kier molecular flexibility index (Phi) is 5.40. The average Bonchev–Trinajstić information content (AvgIpc) is 2.33. The van der Waals surface area contributed by atoms with Gasteiger partial charge in [-0.25, -0.2) is 0 Å². The molecule has 1 amide bonds. The van der Waals surface area contributed by atoms with E-state index in [9.17, 15) is 9.90 Å². The zero-order valence-electron chi connectivity index (χ0n) is 9.57. The van der Waals surface area contributed by atoms with Gasteiger partial charge in [0.15, 0.2) is 6.29 Å². The highest BCUT2D eigenvalue weighted by Crippen LogP contribution is 2.21. The van der Waals surface area contributed by atoms with Gasteiger partial charge in [-0.15, -0.1) is 0 Å². The maximum atomic E-state index is 11.8. The lowest BCUT2D eigenvalue weighted by Crippen LogP contribution is -2.34. The van der Waals surface area contributed by atoms with Crippen LogP contribution in [0.3, 0.4) is 0 Å². The summed E-state index contributed by atoms with van der Waals surface area (Å²) in [6, 6.07) is 4.64. The van der Waals surface area contributed by atoms with Crippen LogP contribution in [-0.4, -0.2) is 38.1 Å². The molecule has 0 heterocycles. The Morgan fingerprint density at radius 2 is 2.12 bits per heavy atom. The molecule has 1 aromatic carbocycles. The number of methoxy groups -OCH3 is 2. The highest BCUT2D eigenvalue weighted by Gasteiger charge is 2.13. The van der Waals surface area contributed by atoms with Crippen LogP contribution in [0.2, 0.25) is 0 Å². The number of benzene rings is 1. The number of phenolic OH excluding ortho intramolecular Hbond substituents is 1. The Morgan fingerprint density at radius 1 is 1.47 bits per heavy atom. The van der Waals surface area contributed by atoms with E-state index in [1.807, 2.05) is 0 Å². The molecule has 0 aliphatic heterocycles. The number of ether oxygens (including phenoxy) is 2.